The minimum Gasteiger partial charge on any atom is -0.495 e. The molecule has 112 valence electrons. The van der Waals surface area contributed by atoms with Gasteiger partial charge in [0, 0.05) is 18.7 Å². The molecule has 0 aromatic heterocycles. The van der Waals surface area contributed by atoms with Crippen LogP contribution in [0.2, 0.25) is 0 Å². The standard InChI is InChI=1S/C16H26N2O2/c1-4-6-10-18(11-7-5-2)16(19)13-8-9-14(17)15(12-13)20-3/h8-9,12H,4-7,10-11,17H2,1-3H3. The van der Waals surface area contributed by atoms with Crippen molar-refractivity contribution in [2.24, 2.45) is 0 Å². The number of amides is 1. The second-order valence-electron chi connectivity index (χ2n) is 4.96. The Labute approximate surface area is 121 Å². The molecule has 0 saturated heterocycles. The number of nitrogens with two attached hydrogens (primary N) is 1. The summed E-state index contributed by atoms with van der Waals surface area (Å²) in [6.45, 7) is 5.88. The van der Waals surface area contributed by atoms with Crippen LogP contribution in [0.5, 0.6) is 5.75 Å². The Morgan fingerprint density at radius 1 is 1.20 bits per heavy atom. The number of rotatable bonds is 8. The van der Waals surface area contributed by atoms with Gasteiger partial charge < -0.3 is 15.4 Å². The zero-order chi connectivity index (χ0) is 15.0. The zero-order valence-electron chi connectivity index (χ0n) is 12.8. The summed E-state index contributed by atoms with van der Waals surface area (Å²) in [6.07, 6.45) is 4.23. The van der Waals surface area contributed by atoms with E-state index in [0.29, 0.717) is 17.0 Å². The molecule has 4 nitrogen and oxygen atoms in total. The lowest BCUT2D eigenvalue weighted by Crippen LogP contribution is -2.33. The van der Waals surface area contributed by atoms with Gasteiger partial charge in [-0.2, -0.15) is 0 Å². The van der Waals surface area contributed by atoms with Crippen molar-refractivity contribution in [3.8, 4) is 5.75 Å². The fraction of sp³-hybridized carbons (Fsp3) is 0.562. The predicted molar refractivity (Wildman–Crippen MR) is 83.1 cm³/mol. The maximum absolute atomic E-state index is 12.6. The first kappa shape index (κ1) is 16.3. The van der Waals surface area contributed by atoms with Gasteiger partial charge in [0.05, 0.1) is 12.8 Å². The van der Waals surface area contributed by atoms with E-state index in [4.69, 9.17) is 10.5 Å². The molecule has 4 heteroatoms. The van der Waals surface area contributed by atoms with E-state index >= 15 is 0 Å². The molecule has 20 heavy (non-hydrogen) atoms. The number of nitrogen functional groups attached to an aromatic ring is 1. The number of methoxy groups -OCH3 is 1. The second-order valence-corrected chi connectivity index (χ2v) is 4.96. The van der Waals surface area contributed by atoms with Crippen LogP contribution in [0.25, 0.3) is 0 Å². The van der Waals surface area contributed by atoms with E-state index in [1.807, 2.05) is 4.90 Å². The van der Waals surface area contributed by atoms with Gasteiger partial charge >= 0.3 is 0 Å². The number of nitrogens with zero attached hydrogens (tertiary/aromatic N) is 1. The van der Waals surface area contributed by atoms with Gasteiger partial charge in [-0.05, 0) is 31.0 Å². The van der Waals surface area contributed by atoms with Crippen LogP contribution in [0.4, 0.5) is 5.69 Å². The quantitative estimate of drug-likeness (QED) is 0.742. The van der Waals surface area contributed by atoms with Gasteiger partial charge in [-0.15, -0.1) is 0 Å². The Morgan fingerprint density at radius 2 is 1.80 bits per heavy atom. The van der Waals surface area contributed by atoms with Crippen LogP contribution in [0.3, 0.4) is 0 Å². The van der Waals surface area contributed by atoms with Gasteiger partial charge in [0.15, 0.2) is 0 Å². The van der Waals surface area contributed by atoms with E-state index in [0.717, 1.165) is 38.8 Å². The molecule has 0 aliphatic rings. The maximum atomic E-state index is 12.6. The fourth-order valence-electron chi connectivity index (χ4n) is 2.04. The van der Waals surface area contributed by atoms with E-state index in [9.17, 15) is 4.79 Å². The molecule has 2 N–H and O–H groups in total. The molecule has 0 aliphatic heterocycles. The number of ether oxygens (including phenoxy) is 1. The molecular formula is C16H26N2O2. The van der Waals surface area contributed by atoms with Gasteiger partial charge in [-0.3, -0.25) is 4.79 Å². The van der Waals surface area contributed by atoms with Gasteiger partial charge in [0.1, 0.15) is 5.75 Å². The number of carbonyl (C=O) groups is 1. The van der Waals surface area contributed by atoms with Crippen LogP contribution in [0.15, 0.2) is 18.2 Å². The van der Waals surface area contributed by atoms with Crippen molar-refractivity contribution >= 4 is 11.6 Å². The third-order valence-corrected chi connectivity index (χ3v) is 3.33. The Hall–Kier alpha value is -1.71. The summed E-state index contributed by atoms with van der Waals surface area (Å²) < 4.78 is 5.18. The normalized spacial score (nSPS) is 10.3. The van der Waals surface area contributed by atoms with Crippen molar-refractivity contribution in [2.75, 3.05) is 25.9 Å². The highest BCUT2D eigenvalue weighted by molar-refractivity contribution is 5.95. The minimum absolute atomic E-state index is 0.0604. The number of carbonyl (C=O) groups excluding carboxylic acids is 1. The molecule has 0 atom stereocenters. The molecule has 0 bridgehead atoms. The maximum Gasteiger partial charge on any atom is 0.253 e. The number of hydrogen-bond donors (Lipinski definition) is 1. The van der Waals surface area contributed by atoms with Crippen LogP contribution in [-0.2, 0) is 0 Å². The molecule has 0 radical (unpaired) electrons. The van der Waals surface area contributed by atoms with E-state index in [1.54, 1.807) is 25.3 Å². The monoisotopic (exact) mass is 278 g/mol. The zero-order valence-corrected chi connectivity index (χ0v) is 12.8. The van der Waals surface area contributed by atoms with Gasteiger partial charge in [0.2, 0.25) is 0 Å². The van der Waals surface area contributed by atoms with Crippen LogP contribution < -0.4 is 10.5 Å². The van der Waals surface area contributed by atoms with Gasteiger partial charge in [-0.1, -0.05) is 26.7 Å². The largest absolute Gasteiger partial charge is 0.495 e. The predicted octanol–water partition coefficient (Wildman–Crippen LogP) is 3.32. The summed E-state index contributed by atoms with van der Waals surface area (Å²) in [4.78, 5) is 14.5. The average molecular weight is 278 g/mol. The Kier molecular flexibility index (Phi) is 6.91. The lowest BCUT2D eigenvalue weighted by atomic mass is 10.1. The van der Waals surface area contributed by atoms with Crippen molar-refractivity contribution < 1.29 is 9.53 Å². The van der Waals surface area contributed by atoms with Crippen molar-refractivity contribution in [3.63, 3.8) is 0 Å². The topological polar surface area (TPSA) is 55.6 Å². The number of unbranched alkanes of at least 4 members (excludes halogenated alkanes) is 2. The Balaban J connectivity index is 2.86. The molecule has 1 rings (SSSR count). The molecule has 0 heterocycles. The van der Waals surface area contributed by atoms with Crippen LogP contribution in [0, 0.1) is 0 Å². The molecule has 0 spiro atoms. The summed E-state index contributed by atoms with van der Waals surface area (Å²) in [5.41, 5.74) is 6.98. The summed E-state index contributed by atoms with van der Waals surface area (Å²) in [6, 6.07) is 5.22. The fourth-order valence-corrected chi connectivity index (χ4v) is 2.04. The molecule has 0 saturated carbocycles. The molecule has 1 amide bonds. The minimum atomic E-state index is 0.0604. The van der Waals surface area contributed by atoms with E-state index in [-0.39, 0.29) is 5.91 Å². The first-order valence-corrected chi connectivity index (χ1v) is 7.36. The third-order valence-electron chi connectivity index (χ3n) is 3.33. The first-order valence-electron chi connectivity index (χ1n) is 7.36. The molecular weight excluding hydrogens is 252 g/mol. The first-order chi connectivity index (χ1) is 9.63. The summed E-state index contributed by atoms with van der Waals surface area (Å²) in [5, 5.41) is 0. The van der Waals surface area contributed by atoms with E-state index < -0.39 is 0 Å². The molecule has 0 fully saturated rings. The lowest BCUT2D eigenvalue weighted by Gasteiger charge is -2.23. The molecule has 0 unspecified atom stereocenters. The van der Waals surface area contributed by atoms with Crippen LogP contribution in [0.1, 0.15) is 49.9 Å². The van der Waals surface area contributed by atoms with Crippen molar-refractivity contribution in [2.45, 2.75) is 39.5 Å². The summed E-state index contributed by atoms with van der Waals surface area (Å²) in [5.74, 6) is 0.618. The number of anilines is 1. The van der Waals surface area contributed by atoms with Crippen molar-refractivity contribution in [1.82, 2.24) is 4.90 Å². The van der Waals surface area contributed by atoms with E-state index in [1.165, 1.54) is 0 Å². The summed E-state index contributed by atoms with van der Waals surface area (Å²) in [7, 11) is 1.56. The molecule has 0 aliphatic carbocycles. The number of hydrogen-bond acceptors (Lipinski definition) is 3. The van der Waals surface area contributed by atoms with Crippen LogP contribution >= 0.6 is 0 Å². The Morgan fingerprint density at radius 3 is 2.30 bits per heavy atom. The highest BCUT2D eigenvalue weighted by atomic mass is 16.5. The third kappa shape index (κ3) is 4.44. The second kappa shape index (κ2) is 8.46. The summed E-state index contributed by atoms with van der Waals surface area (Å²) >= 11 is 0. The highest BCUT2D eigenvalue weighted by Gasteiger charge is 2.16. The lowest BCUT2D eigenvalue weighted by molar-refractivity contribution is 0.0750. The SMILES string of the molecule is CCCCN(CCCC)C(=O)c1ccc(N)c(OC)c1. The Bertz CT molecular complexity index is 424. The number of benzene rings is 1. The van der Waals surface area contributed by atoms with E-state index in [2.05, 4.69) is 13.8 Å². The highest BCUT2D eigenvalue weighted by Crippen LogP contribution is 2.23. The van der Waals surface area contributed by atoms with Gasteiger partial charge in [0.25, 0.3) is 5.91 Å². The van der Waals surface area contributed by atoms with Gasteiger partial charge in [-0.25, -0.2) is 0 Å². The molecule has 1 aromatic rings. The van der Waals surface area contributed by atoms with Crippen molar-refractivity contribution in [3.05, 3.63) is 23.8 Å². The van der Waals surface area contributed by atoms with Crippen molar-refractivity contribution in [1.29, 1.82) is 0 Å². The van der Waals surface area contributed by atoms with Crippen LogP contribution in [-0.4, -0.2) is 31.0 Å². The molecule has 1 aromatic carbocycles. The average Bonchev–Trinajstić information content (AvgIpc) is 2.47. The smallest absolute Gasteiger partial charge is 0.253 e.